The molecule has 4 nitrogen and oxygen atoms in total. The van der Waals surface area contributed by atoms with Gasteiger partial charge in [0.1, 0.15) is 0 Å². The number of rotatable bonds is 7. The van der Waals surface area contributed by atoms with Gasteiger partial charge in [-0.15, -0.1) is 0 Å². The lowest BCUT2D eigenvalue weighted by molar-refractivity contribution is -0.137. The molecule has 0 aromatic carbocycles. The first-order valence-electron chi connectivity index (χ1n) is 5.54. The maximum Gasteiger partial charge on any atom is 0.331 e. The zero-order valence-electron chi connectivity index (χ0n) is 10.1. The van der Waals surface area contributed by atoms with Crippen LogP contribution in [-0.4, -0.2) is 22.2 Å². The van der Waals surface area contributed by atoms with Crippen molar-refractivity contribution >= 4 is 11.9 Å². The standard InChI is InChI=1S/C12H20O4/c1-4-9(7-8(2)3)10(12(15)16)5-6-11(13)14/h8H,4-7H2,1-3H3,(H,13,14)(H,15,16). The predicted molar refractivity (Wildman–Crippen MR) is 61.3 cm³/mol. The normalized spacial score (nSPS) is 12.5. The third-order valence-corrected chi connectivity index (χ3v) is 2.36. The Morgan fingerprint density at radius 3 is 2.00 bits per heavy atom. The van der Waals surface area contributed by atoms with Crippen LogP contribution in [0.1, 0.15) is 46.5 Å². The van der Waals surface area contributed by atoms with E-state index in [4.69, 9.17) is 10.2 Å². The number of hydrogen-bond donors (Lipinski definition) is 2. The number of carboxylic acids is 2. The summed E-state index contributed by atoms with van der Waals surface area (Å²) in [5, 5.41) is 17.6. The van der Waals surface area contributed by atoms with Gasteiger partial charge in [0.2, 0.25) is 0 Å². The summed E-state index contributed by atoms with van der Waals surface area (Å²) in [5.74, 6) is -1.56. The van der Waals surface area contributed by atoms with Crippen LogP contribution in [-0.2, 0) is 9.59 Å². The van der Waals surface area contributed by atoms with Gasteiger partial charge in [0.05, 0.1) is 0 Å². The molecule has 0 saturated heterocycles. The molecule has 16 heavy (non-hydrogen) atoms. The summed E-state index contributed by atoms with van der Waals surface area (Å²) in [5.41, 5.74) is 1.14. The van der Waals surface area contributed by atoms with Gasteiger partial charge in [0.25, 0.3) is 0 Å². The number of carbonyl (C=O) groups is 2. The maximum absolute atomic E-state index is 11.0. The molecule has 0 rings (SSSR count). The van der Waals surface area contributed by atoms with Crippen molar-refractivity contribution in [3.63, 3.8) is 0 Å². The van der Waals surface area contributed by atoms with Gasteiger partial charge in [-0.3, -0.25) is 4.79 Å². The lowest BCUT2D eigenvalue weighted by Gasteiger charge is -2.12. The number of allylic oxidation sites excluding steroid dienone is 1. The van der Waals surface area contributed by atoms with E-state index in [1.165, 1.54) is 0 Å². The van der Waals surface area contributed by atoms with Crippen LogP contribution in [0, 0.1) is 5.92 Å². The molecule has 0 aliphatic rings. The van der Waals surface area contributed by atoms with Gasteiger partial charge < -0.3 is 10.2 Å². The van der Waals surface area contributed by atoms with Gasteiger partial charge in [-0.25, -0.2) is 4.79 Å². The molecule has 0 aliphatic carbocycles. The number of hydrogen-bond acceptors (Lipinski definition) is 2. The topological polar surface area (TPSA) is 74.6 Å². The summed E-state index contributed by atoms with van der Waals surface area (Å²) >= 11 is 0. The van der Waals surface area contributed by atoms with Gasteiger partial charge >= 0.3 is 11.9 Å². The number of aliphatic carboxylic acids is 2. The quantitative estimate of drug-likeness (QED) is 0.657. The second-order valence-electron chi connectivity index (χ2n) is 4.23. The number of carboxylic acid groups (broad SMARTS) is 2. The lowest BCUT2D eigenvalue weighted by atomic mass is 9.93. The van der Waals surface area contributed by atoms with E-state index in [-0.39, 0.29) is 18.4 Å². The van der Waals surface area contributed by atoms with Crippen molar-refractivity contribution in [1.29, 1.82) is 0 Å². The van der Waals surface area contributed by atoms with Crippen molar-refractivity contribution in [3.05, 3.63) is 11.1 Å². The van der Waals surface area contributed by atoms with Crippen molar-refractivity contribution in [2.24, 2.45) is 5.92 Å². The van der Waals surface area contributed by atoms with Crippen LogP contribution in [0.4, 0.5) is 0 Å². The molecule has 4 heteroatoms. The molecule has 0 amide bonds. The van der Waals surface area contributed by atoms with E-state index in [2.05, 4.69) is 0 Å². The first kappa shape index (κ1) is 14.7. The molecule has 0 saturated carbocycles. The smallest absolute Gasteiger partial charge is 0.331 e. The lowest BCUT2D eigenvalue weighted by Crippen LogP contribution is -2.08. The highest BCUT2D eigenvalue weighted by molar-refractivity contribution is 5.88. The molecular weight excluding hydrogens is 208 g/mol. The SMILES string of the molecule is CCC(CC(C)C)=C(CCC(=O)O)C(=O)O. The fourth-order valence-corrected chi connectivity index (χ4v) is 1.64. The Hall–Kier alpha value is -1.32. The molecule has 0 fully saturated rings. The molecule has 0 aromatic heterocycles. The summed E-state index contributed by atoms with van der Waals surface area (Å²) in [6.07, 6.45) is 1.38. The zero-order chi connectivity index (χ0) is 12.7. The Bertz CT molecular complexity index is 289. The van der Waals surface area contributed by atoms with Crippen molar-refractivity contribution in [1.82, 2.24) is 0 Å². The van der Waals surface area contributed by atoms with Crippen LogP contribution in [0.5, 0.6) is 0 Å². The van der Waals surface area contributed by atoms with Gasteiger partial charge in [0, 0.05) is 12.0 Å². The minimum absolute atomic E-state index is 0.112. The first-order chi connectivity index (χ1) is 7.38. The van der Waals surface area contributed by atoms with Crippen molar-refractivity contribution < 1.29 is 19.8 Å². The van der Waals surface area contributed by atoms with E-state index in [1.54, 1.807) is 0 Å². The molecule has 0 aliphatic heterocycles. The second kappa shape index (κ2) is 7.04. The molecule has 0 radical (unpaired) electrons. The van der Waals surface area contributed by atoms with E-state index >= 15 is 0 Å². The Morgan fingerprint density at radius 1 is 1.12 bits per heavy atom. The predicted octanol–water partition coefficient (Wildman–Crippen LogP) is 2.69. The summed E-state index contributed by atoms with van der Waals surface area (Å²) in [4.78, 5) is 21.5. The highest BCUT2D eigenvalue weighted by atomic mass is 16.4. The highest BCUT2D eigenvalue weighted by Gasteiger charge is 2.15. The van der Waals surface area contributed by atoms with Crippen LogP contribution >= 0.6 is 0 Å². The van der Waals surface area contributed by atoms with Crippen LogP contribution in [0.15, 0.2) is 11.1 Å². The van der Waals surface area contributed by atoms with Crippen LogP contribution in [0.3, 0.4) is 0 Å². The molecule has 92 valence electrons. The van der Waals surface area contributed by atoms with Gasteiger partial charge in [-0.05, 0) is 25.2 Å². The Kier molecular flexibility index (Phi) is 6.46. The molecule has 0 unspecified atom stereocenters. The van der Waals surface area contributed by atoms with Crippen molar-refractivity contribution in [3.8, 4) is 0 Å². The minimum Gasteiger partial charge on any atom is -0.481 e. The summed E-state index contributed by atoms with van der Waals surface area (Å²) < 4.78 is 0. The van der Waals surface area contributed by atoms with Crippen LogP contribution in [0.25, 0.3) is 0 Å². The van der Waals surface area contributed by atoms with Crippen molar-refractivity contribution in [2.75, 3.05) is 0 Å². The molecule has 0 atom stereocenters. The fraction of sp³-hybridized carbons (Fsp3) is 0.667. The summed E-state index contributed by atoms with van der Waals surface area (Å²) in [7, 11) is 0. The summed E-state index contributed by atoms with van der Waals surface area (Å²) in [6.45, 7) is 5.94. The van der Waals surface area contributed by atoms with E-state index in [0.29, 0.717) is 12.3 Å². The second-order valence-corrected chi connectivity index (χ2v) is 4.23. The molecule has 0 heterocycles. The Morgan fingerprint density at radius 2 is 1.69 bits per heavy atom. The maximum atomic E-state index is 11.0. The van der Waals surface area contributed by atoms with Crippen LogP contribution in [0.2, 0.25) is 0 Å². The fourth-order valence-electron chi connectivity index (χ4n) is 1.64. The van der Waals surface area contributed by atoms with Gasteiger partial charge in [-0.2, -0.15) is 0 Å². The Labute approximate surface area is 96.0 Å². The van der Waals surface area contributed by atoms with E-state index in [1.807, 2.05) is 20.8 Å². The molecule has 0 bridgehead atoms. The van der Waals surface area contributed by atoms with Gasteiger partial charge in [0.15, 0.2) is 0 Å². The zero-order valence-corrected chi connectivity index (χ0v) is 10.1. The van der Waals surface area contributed by atoms with Crippen LogP contribution < -0.4 is 0 Å². The average molecular weight is 228 g/mol. The van der Waals surface area contributed by atoms with E-state index in [9.17, 15) is 9.59 Å². The average Bonchev–Trinajstić information content (AvgIpc) is 2.14. The minimum atomic E-state index is -0.987. The molecule has 0 spiro atoms. The highest BCUT2D eigenvalue weighted by Crippen LogP contribution is 2.21. The third-order valence-electron chi connectivity index (χ3n) is 2.36. The van der Waals surface area contributed by atoms with E-state index in [0.717, 1.165) is 12.0 Å². The molecule has 2 N–H and O–H groups in total. The van der Waals surface area contributed by atoms with Crippen molar-refractivity contribution in [2.45, 2.75) is 46.5 Å². The molecule has 0 aromatic rings. The first-order valence-corrected chi connectivity index (χ1v) is 5.54. The molecular formula is C12H20O4. The summed E-state index contributed by atoms with van der Waals surface area (Å²) in [6, 6.07) is 0. The monoisotopic (exact) mass is 228 g/mol. The third kappa shape index (κ3) is 5.53. The Balaban J connectivity index is 4.85. The van der Waals surface area contributed by atoms with Gasteiger partial charge in [-0.1, -0.05) is 26.3 Å². The van der Waals surface area contributed by atoms with E-state index < -0.39 is 11.9 Å². The largest absolute Gasteiger partial charge is 0.481 e.